The van der Waals surface area contributed by atoms with Crippen LogP contribution in [0.2, 0.25) is 0 Å². The number of urea groups is 1. The number of carbonyl (C=O) groups excluding carboxylic acids is 1. The van der Waals surface area contributed by atoms with Crippen LogP contribution in [0.4, 0.5) is 4.79 Å². The largest absolute Gasteiger partial charge is 0.480 e. The quantitative estimate of drug-likeness (QED) is 0.659. The lowest BCUT2D eigenvalue weighted by molar-refractivity contribution is -0.141. The number of rotatable bonds is 5. The van der Waals surface area contributed by atoms with Crippen molar-refractivity contribution in [2.75, 3.05) is 18.6 Å². The SMILES string of the molecule is CS(=O)CCNC(=O)N[C@H](C(=O)O)C(C)(C)C. The molecular formula is C10H20N2O4S. The normalized spacial score (nSPS) is 14.8. The molecule has 2 amide bonds. The van der Waals surface area contributed by atoms with Gasteiger partial charge in [0.2, 0.25) is 0 Å². The smallest absolute Gasteiger partial charge is 0.326 e. The van der Waals surface area contributed by atoms with E-state index in [0.29, 0.717) is 5.75 Å². The van der Waals surface area contributed by atoms with Crippen molar-refractivity contribution in [1.82, 2.24) is 10.6 Å². The lowest BCUT2D eigenvalue weighted by Gasteiger charge is -2.27. The molecule has 0 fully saturated rings. The summed E-state index contributed by atoms with van der Waals surface area (Å²) in [6.07, 6.45) is 1.54. The molecule has 0 aromatic carbocycles. The number of hydrogen-bond acceptors (Lipinski definition) is 3. The molecule has 0 aromatic rings. The Labute approximate surface area is 104 Å². The molecule has 0 rings (SSSR count). The van der Waals surface area contributed by atoms with Gasteiger partial charge in [-0.3, -0.25) is 4.21 Å². The fourth-order valence-electron chi connectivity index (χ4n) is 1.14. The summed E-state index contributed by atoms with van der Waals surface area (Å²) >= 11 is 0. The summed E-state index contributed by atoms with van der Waals surface area (Å²) in [5.74, 6) is -0.729. The van der Waals surface area contributed by atoms with Gasteiger partial charge in [-0.2, -0.15) is 0 Å². The van der Waals surface area contributed by atoms with Crippen molar-refractivity contribution in [3.63, 3.8) is 0 Å². The Morgan fingerprint density at radius 1 is 1.35 bits per heavy atom. The minimum atomic E-state index is -1.08. The third-order valence-corrected chi connectivity index (χ3v) is 2.84. The molecule has 0 radical (unpaired) electrons. The molecule has 0 aromatic heterocycles. The van der Waals surface area contributed by atoms with Gasteiger partial charge in [0.15, 0.2) is 0 Å². The van der Waals surface area contributed by atoms with E-state index in [0.717, 1.165) is 0 Å². The fourth-order valence-corrected chi connectivity index (χ4v) is 1.53. The molecule has 7 heteroatoms. The first-order chi connectivity index (χ1) is 7.64. The molecule has 0 aliphatic rings. The molecular weight excluding hydrogens is 244 g/mol. The first kappa shape index (κ1) is 15.9. The highest BCUT2D eigenvalue weighted by Crippen LogP contribution is 2.19. The summed E-state index contributed by atoms with van der Waals surface area (Å²) in [6.45, 7) is 5.44. The van der Waals surface area contributed by atoms with E-state index in [1.165, 1.54) is 6.26 Å². The maximum absolute atomic E-state index is 11.4. The summed E-state index contributed by atoms with van der Waals surface area (Å²) in [7, 11) is -0.979. The van der Waals surface area contributed by atoms with Crippen LogP contribution in [-0.2, 0) is 15.6 Å². The molecule has 0 bridgehead atoms. The van der Waals surface area contributed by atoms with Gasteiger partial charge in [0.25, 0.3) is 0 Å². The van der Waals surface area contributed by atoms with Crippen molar-refractivity contribution in [3.8, 4) is 0 Å². The highest BCUT2D eigenvalue weighted by atomic mass is 32.2. The maximum Gasteiger partial charge on any atom is 0.326 e. The number of aliphatic carboxylic acids is 1. The summed E-state index contributed by atoms with van der Waals surface area (Å²) in [5.41, 5.74) is -0.573. The molecule has 3 N–H and O–H groups in total. The number of carboxylic acids is 1. The van der Waals surface area contributed by atoms with E-state index in [1.807, 2.05) is 0 Å². The second-order valence-corrected chi connectivity index (χ2v) is 6.37. The average molecular weight is 264 g/mol. The van der Waals surface area contributed by atoms with Gasteiger partial charge in [0.05, 0.1) is 0 Å². The Morgan fingerprint density at radius 3 is 2.24 bits per heavy atom. The number of carboxylic acid groups (broad SMARTS) is 1. The molecule has 6 nitrogen and oxygen atoms in total. The topological polar surface area (TPSA) is 95.5 Å². The summed E-state index contributed by atoms with van der Waals surface area (Å²) < 4.78 is 10.8. The van der Waals surface area contributed by atoms with Crippen LogP contribution in [0.25, 0.3) is 0 Å². The molecule has 2 atom stereocenters. The van der Waals surface area contributed by atoms with Crippen LogP contribution in [0.5, 0.6) is 0 Å². The zero-order chi connectivity index (χ0) is 13.6. The number of nitrogens with one attached hydrogen (secondary N) is 2. The van der Waals surface area contributed by atoms with Gasteiger partial charge >= 0.3 is 12.0 Å². The molecule has 100 valence electrons. The minimum absolute atomic E-state index is 0.255. The zero-order valence-electron chi connectivity index (χ0n) is 10.6. The molecule has 1 unspecified atom stereocenters. The van der Waals surface area contributed by atoms with Crippen molar-refractivity contribution in [2.45, 2.75) is 26.8 Å². The first-order valence-electron chi connectivity index (χ1n) is 5.22. The van der Waals surface area contributed by atoms with Crippen molar-refractivity contribution >= 4 is 22.8 Å². The fraction of sp³-hybridized carbons (Fsp3) is 0.800. The van der Waals surface area contributed by atoms with E-state index in [1.54, 1.807) is 20.8 Å². The van der Waals surface area contributed by atoms with E-state index in [-0.39, 0.29) is 6.54 Å². The van der Waals surface area contributed by atoms with Crippen molar-refractivity contribution < 1.29 is 18.9 Å². The van der Waals surface area contributed by atoms with E-state index >= 15 is 0 Å². The predicted octanol–water partition coefficient (Wildman–Crippen LogP) is 0.163. The third kappa shape index (κ3) is 6.93. The Bertz CT molecular complexity index is 312. The summed E-state index contributed by atoms with van der Waals surface area (Å²) in [4.78, 5) is 22.4. The van der Waals surface area contributed by atoms with Crippen LogP contribution in [0, 0.1) is 5.41 Å². The van der Waals surface area contributed by atoms with Gasteiger partial charge in [-0.25, -0.2) is 9.59 Å². The Kier molecular flexibility index (Phi) is 6.15. The average Bonchev–Trinajstić information content (AvgIpc) is 2.11. The number of amides is 2. The van der Waals surface area contributed by atoms with Crippen LogP contribution < -0.4 is 10.6 Å². The number of hydrogen-bond donors (Lipinski definition) is 3. The predicted molar refractivity (Wildman–Crippen MR) is 66.3 cm³/mol. The Balaban J connectivity index is 4.24. The molecule has 0 aliphatic carbocycles. The standard InChI is InChI=1S/C10H20N2O4S/c1-10(2,3)7(8(13)14)12-9(15)11-5-6-17(4)16/h7H,5-6H2,1-4H3,(H,13,14)(H2,11,12,15)/t7-,17?/m1/s1. The molecule has 0 aliphatic heterocycles. The van der Waals surface area contributed by atoms with E-state index < -0.39 is 34.3 Å². The van der Waals surface area contributed by atoms with Gasteiger partial charge < -0.3 is 15.7 Å². The van der Waals surface area contributed by atoms with Gasteiger partial charge in [-0.05, 0) is 5.41 Å². The second-order valence-electron chi connectivity index (χ2n) is 4.81. The lowest BCUT2D eigenvalue weighted by Crippen LogP contribution is -2.52. The minimum Gasteiger partial charge on any atom is -0.480 e. The Hall–Kier alpha value is -1.11. The first-order valence-corrected chi connectivity index (χ1v) is 6.94. The van der Waals surface area contributed by atoms with Crippen molar-refractivity contribution in [1.29, 1.82) is 0 Å². The lowest BCUT2D eigenvalue weighted by atomic mass is 9.87. The maximum atomic E-state index is 11.4. The monoisotopic (exact) mass is 264 g/mol. The Morgan fingerprint density at radius 2 is 1.88 bits per heavy atom. The second kappa shape index (κ2) is 6.58. The third-order valence-electron chi connectivity index (χ3n) is 2.06. The van der Waals surface area contributed by atoms with Crippen LogP contribution in [0.15, 0.2) is 0 Å². The van der Waals surface area contributed by atoms with Crippen LogP contribution in [0.1, 0.15) is 20.8 Å². The summed E-state index contributed by atoms with van der Waals surface area (Å²) in [6, 6.07) is -1.52. The van der Waals surface area contributed by atoms with Crippen LogP contribution >= 0.6 is 0 Å². The van der Waals surface area contributed by atoms with Crippen LogP contribution in [-0.4, -0.2) is 45.9 Å². The van der Waals surface area contributed by atoms with Gasteiger partial charge in [0.1, 0.15) is 6.04 Å². The van der Waals surface area contributed by atoms with E-state index in [2.05, 4.69) is 10.6 Å². The van der Waals surface area contributed by atoms with Crippen LogP contribution in [0.3, 0.4) is 0 Å². The van der Waals surface area contributed by atoms with Crippen molar-refractivity contribution in [3.05, 3.63) is 0 Å². The number of carbonyl (C=O) groups is 2. The molecule has 0 heterocycles. The summed E-state index contributed by atoms with van der Waals surface area (Å²) in [5, 5.41) is 13.8. The zero-order valence-corrected chi connectivity index (χ0v) is 11.4. The highest BCUT2D eigenvalue weighted by Gasteiger charge is 2.32. The molecule has 0 saturated heterocycles. The van der Waals surface area contributed by atoms with Gasteiger partial charge in [0, 0.05) is 29.4 Å². The molecule has 0 saturated carbocycles. The van der Waals surface area contributed by atoms with Gasteiger partial charge in [-0.15, -0.1) is 0 Å². The van der Waals surface area contributed by atoms with Crippen molar-refractivity contribution in [2.24, 2.45) is 5.41 Å². The highest BCUT2D eigenvalue weighted by molar-refractivity contribution is 7.84. The van der Waals surface area contributed by atoms with E-state index in [9.17, 15) is 13.8 Å². The van der Waals surface area contributed by atoms with E-state index in [4.69, 9.17) is 5.11 Å². The molecule has 17 heavy (non-hydrogen) atoms. The molecule has 0 spiro atoms. The van der Waals surface area contributed by atoms with Gasteiger partial charge in [-0.1, -0.05) is 20.8 Å².